The first-order chi connectivity index (χ1) is 8.58. The normalized spacial score (nSPS) is 11.3. The molecule has 92 valence electrons. The lowest BCUT2D eigenvalue weighted by Gasteiger charge is -1.99. The van der Waals surface area contributed by atoms with E-state index in [0.717, 1.165) is 22.5 Å². The molecule has 2 aromatic heterocycles. The Morgan fingerprint density at radius 2 is 2.17 bits per heavy atom. The van der Waals surface area contributed by atoms with E-state index in [2.05, 4.69) is 10.1 Å². The number of fused-ring (bicyclic) bond motifs is 1. The number of nitrogens with one attached hydrogen (secondary N) is 1. The number of nitrogens with zero attached hydrogens (tertiary/aromatic N) is 2. The summed E-state index contributed by atoms with van der Waals surface area (Å²) >= 11 is 0. The zero-order chi connectivity index (χ0) is 12.9. The van der Waals surface area contributed by atoms with Crippen LogP contribution < -0.4 is 5.73 Å². The van der Waals surface area contributed by atoms with Crippen molar-refractivity contribution in [3.63, 3.8) is 0 Å². The highest BCUT2D eigenvalue weighted by molar-refractivity contribution is 5.88. The van der Waals surface area contributed by atoms with Crippen LogP contribution in [-0.2, 0) is 7.05 Å². The monoisotopic (exact) mass is 244 g/mol. The van der Waals surface area contributed by atoms with Crippen molar-refractivity contribution >= 4 is 16.6 Å². The first-order valence-electron chi connectivity index (χ1n) is 5.63. The Morgan fingerprint density at radius 3 is 2.83 bits per heavy atom. The van der Waals surface area contributed by atoms with Crippen molar-refractivity contribution in [1.29, 1.82) is 0 Å². The molecule has 3 aromatic rings. The van der Waals surface area contributed by atoms with Gasteiger partial charge in [0.15, 0.2) is 5.82 Å². The second kappa shape index (κ2) is 3.60. The minimum absolute atomic E-state index is 0.162. The van der Waals surface area contributed by atoms with E-state index in [1.54, 1.807) is 29.1 Å². The molecule has 3 N–H and O–H groups in total. The molecule has 2 heterocycles. The molecule has 0 fully saturated rings. The quantitative estimate of drug-likeness (QED) is 0.646. The summed E-state index contributed by atoms with van der Waals surface area (Å²) in [6, 6.07) is 5.11. The predicted molar refractivity (Wildman–Crippen MR) is 69.6 cm³/mol. The van der Waals surface area contributed by atoms with Crippen LogP contribution in [-0.4, -0.2) is 14.8 Å². The maximum Gasteiger partial charge on any atom is 0.155 e. The summed E-state index contributed by atoms with van der Waals surface area (Å²) in [7, 11) is 1.86. The fourth-order valence-corrected chi connectivity index (χ4v) is 2.25. The van der Waals surface area contributed by atoms with Crippen LogP contribution in [0, 0.1) is 12.7 Å². The molecule has 0 radical (unpaired) electrons. The number of benzene rings is 1. The van der Waals surface area contributed by atoms with Crippen molar-refractivity contribution in [3.05, 3.63) is 35.8 Å². The number of H-pyrrole nitrogens is 1. The van der Waals surface area contributed by atoms with E-state index >= 15 is 0 Å². The molecule has 5 heteroatoms. The summed E-state index contributed by atoms with van der Waals surface area (Å²) in [5.74, 6) is -0.380. The van der Waals surface area contributed by atoms with Gasteiger partial charge in [0, 0.05) is 18.0 Å². The number of aromatic amines is 1. The van der Waals surface area contributed by atoms with Gasteiger partial charge in [-0.1, -0.05) is 0 Å². The molecule has 0 amide bonds. The number of nitrogen functional groups attached to an aromatic ring is 1. The van der Waals surface area contributed by atoms with Gasteiger partial charge in [0.25, 0.3) is 0 Å². The van der Waals surface area contributed by atoms with Gasteiger partial charge in [0.2, 0.25) is 0 Å². The minimum atomic E-state index is -0.380. The average molecular weight is 244 g/mol. The number of rotatable bonds is 1. The van der Waals surface area contributed by atoms with E-state index in [0.29, 0.717) is 5.39 Å². The molecule has 3 rings (SSSR count). The van der Waals surface area contributed by atoms with Crippen LogP contribution in [0.3, 0.4) is 0 Å². The summed E-state index contributed by atoms with van der Waals surface area (Å²) in [6.45, 7) is 1.97. The minimum Gasteiger partial charge on any atom is -0.396 e. The fourth-order valence-electron chi connectivity index (χ4n) is 2.25. The van der Waals surface area contributed by atoms with Gasteiger partial charge in [-0.15, -0.1) is 0 Å². The molecule has 0 aliphatic heterocycles. The third-order valence-corrected chi connectivity index (χ3v) is 3.14. The maximum absolute atomic E-state index is 13.9. The molecule has 0 saturated heterocycles. The summed E-state index contributed by atoms with van der Waals surface area (Å²) in [5.41, 5.74) is 9.29. The highest BCUT2D eigenvalue weighted by atomic mass is 19.1. The van der Waals surface area contributed by atoms with Gasteiger partial charge in [-0.05, 0) is 30.7 Å². The first-order valence-corrected chi connectivity index (χ1v) is 5.63. The van der Waals surface area contributed by atoms with Crippen molar-refractivity contribution in [2.45, 2.75) is 6.92 Å². The van der Waals surface area contributed by atoms with Crippen LogP contribution in [0.4, 0.5) is 10.1 Å². The van der Waals surface area contributed by atoms with Crippen molar-refractivity contribution in [3.8, 4) is 11.4 Å². The third kappa shape index (κ3) is 1.40. The number of aryl methyl sites for hydroxylation is 2. The fraction of sp³-hybridized carbons (Fsp3) is 0.154. The molecule has 0 aliphatic rings. The highest BCUT2D eigenvalue weighted by Gasteiger charge is 2.13. The van der Waals surface area contributed by atoms with Crippen LogP contribution in [0.2, 0.25) is 0 Å². The highest BCUT2D eigenvalue weighted by Crippen LogP contribution is 2.29. The molecule has 0 saturated carbocycles. The zero-order valence-corrected chi connectivity index (χ0v) is 10.2. The molecular weight excluding hydrogens is 231 g/mol. The molecule has 18 heavy (non-hydrogen) atoms. The first kappa shape index (κ1) is 10.8. The third-order valence-electron chi connectivity index (χ3n) is 3.14. The average Bonchev–Trinajstić information content (AvgIpc) is 2.88. The van der Waals surface area contributed by atoms with Gasteiger partial charge in [-0.25, -0.2) is 4.39 Å². The van der Waals surface area contributed by atoms with Crippen molar-refractivity contribution < 1.29 is 4.39 Å². The van der Waals surface area contributed by atoms with Crippen molar-refractivity contribution in [2.24, 2.45) is 7.05 Å². The zero-order valence-electron chi connectivity index (χ0n) is 10.2. The van der Waals surface area contributed by atoms with Crippen LogP contribution in [0.5, 0.6) is 0 Å². The maximum atomic E-state index is 13.9. The Hall–Kier alpha value is -2.30. The van der Waals surface area contributed by atoms with E-state index in [1.165, 1.54) is 0 Å². The number of hydrogen-bond donors (Lipinski definition) is 2. The summed E-state index contributed by atoms with van der Waals surface area (Å²) < 4.78 is 15.7. The molecule has 0 unspecified atom stereocenters. The lowest BCUT2D eigenvalue weighted by Crippen LogP contribution is -1.94. The SMILES string of the molecule is Cc1cnn(C)c1-c1cc2c(F)c(N)ccc2[nH]1. The van der Waals surface area contributed by atoms with E-state index in [1.807, 2.05) is 14.0 Å². The topological polar surface area (TPSA) is 59.6 Å². The van der Waals surface area contributed by atoms with Gasteiger partial charge in [-0.2, -0.15) is 5.10 Å². The van der Waals surface area contributed by atoms with Gasteiger partial charge in [0.05, 0.1) is 23.3 Å². The summed E-state index contributed by atoms with van der Waals surface area (Å²) in [6.07, 6.45) is 1.78. The van der Waals surface area contributed by atoms with E-state index < -0.39 is 0 Å². The Bertz CT molecular complexity index is 719. The van der Waals surface area contributed by atoms with Crippen LogP contribution in [0.25, 0.3) is 22.3 Å². The molecule has 0 atom stereocenters. The molecular formula is C13H13FN4. The van der Waals surface area contributed by atoms with E-state index in [-0.39, 0.29) is 11.5 Å². The number of halogens is 1. The van der Waals surface area contributed by atoms with Gasteiger partial charge in [0.1, 0.15) is 0 Å². The predicted octanol–water partition coefficient (Wildman–Crippen LogP) is 2.60. The molecule has 4 nitrogen and oxygen atoms in total. The van der Waals surface area contributed by atoms with Crippen molar-refractivity contribution in [1.82, 2.24) is 14.8 Å². The molecule has 0 bridgehead atoms. The summed E-state index contributed by atoms with van der Waals surface area (Å²) in [4.78, 5) is 3.19. The van der Waals surface area contributed by atoms with Crippen LogP contribution >= 0.6 is 0 Å². The van der Waals surface area contributed by atoms with E-state index in [9.17, 15) is 4.39 Å². The molecule has 0 aliphatic carbocycles. The van der Waals surface area contributed by atoms with Crippen LogP contribution in [0.15, 0.2) is 24.4 Å². The Balaban J connectivity index is 2.29. The second-order valence-corrected chi connectivity index (χ2v) is 4.41. The lowest BCUT2D eigenvalue weighted by atomic mass is 10.2. The largest absolute Gasteiger partial charge is 0.396 e. The van der Waals surface area contributed by atoms with Gasteiger partial charge >= 0.3 is 0 Å². The molecule has 0 spiro atoms. The number of aromatic nitrogens is 3. The lowest BCUT2D eigenvalue weighted by molar-refractivity contribution is 0.644. The Morgan fingerprint density at radius 1 is 1.39 bits per heavy atom. The smallest absolute Gasteiger partial charge is 0.155 e. The number of nitrogens with two attached hydrogens (primary N) is 1. The van der Waals surface area contributed by atoms with Crippen LogP contribution in [0.1, 0.15) is 5.56 Å². The Labute approximate surface area is 103 Å². The molecule has 1 aromatic carbocycles. The van der Waals surface area contributed by atoms with Crippen molar-refractivity contribution in [2.75, 3.05) is 5.73 Å². The summed E-state index contributed by atoms with van der Waals surface area (Å²) in [5, 5.41) is 4.69. The van der Waals surface area contributed by atoms with Gasteiger partial charge < -0.3 is 10.7 Å². The standard InChI is InChI=1S/C13H13FN4/c1-7-6-16-18(2)13(7)11-5-8-10(17-11)4-3-9(15)12(8)14/h3-6,17H,15H2,1-2H3. The Kier molecular flexibility index (Phi) is 2.16. The number of hydrogen-bond acceptors (Lipinski definition) is 2. The van der Waals surface area contributed by atoms with E-state index in [4.69, 9.17) is 5.73 Å². The van der Waals surface area contributed by atoms with Gasteiger partial charge in [-0.3, -0.25) is 4.68 Å². The second-order valence-electron chi connectivity index (χ2n) is 4.41. The number of anilines is 1.